The number of carbonyl (C=O) groups is 1. The zero-order chi connectivity index (χ0) is 25.3. The molecule has 1 aromatic heterocycles. The molecule has 0 radical (unpaired) electrons. The first-order valence-electron chi connectivity index (χ1n) is 10.0. The molecule has 4 N–H and O–H groups in total. The van der Waals surface area contributed by atoms with E-state index in [2.05, 4.69) is 10.3 Å². The number of aryl methyl sites for hydroxylation is 1. The fourth-order valence-electron chi connectivity index (χ4n) is 2.53. The molecule has 0 aliphatic rings. The van der Waals surface area contributed by atoms with Crippen molar-refractivity contribution in [1.82, 2.24) is 10.3 Å². The molecule has 2 aromatic carbocycles. The van der Waals surface area contributed by atoms with Gasteiger partial charge in [-0.25, -0.2) is 4.39 Å². The number of hydrogen-bond acceptors (Lipinski definition) is 8. The minimum atomic E-state index is -4.02. The molecule has 3 aromatic rings. The van der Waals surface area contributed by atoms with Gasteiger partial charge in [0, 0.05) is 32.3 Å². The maximum absolute atomic E-state index is 12.5. The van der Waals surface area contributed by atoms with E-state index in [0.717, 1.165) is 5.56 Å². The first-order valence-corrected chi connectivity index (χ1v) is 11.5. The maximum atomic E-state index is 12.5. The van der Waals surface area contributed by atoms with Crippen molar-refractivity contribution in [1.29, 1.82) is 0 Å². The Labute approximate surface area is 197 Å². The predicted octanol–water partition coefficient (Wildman–Crippen LogP) is 2.44. The molecule has 1 amide bonds. The first kappa shape index (κ1) is 26.8. The molecule has 0 aliphatic carbocycles. The van der Waals surface area contributed by atoms with E-state index in [-0.39, 0.29) is 30.5 Å². The number of rotatable bonds is 8. The summed E-state index contributed by atoms with van der Waals surface area (Å²) in [5.74, 6) is 0.369. The van der Waals surface area contributed by atoms with Crippen LogP contribution in [0.4, 0.5) is 10.4 Å². The zero-order valence-electron chi connectivity index (χ0n) is 19.0. The topological polar surface area (TPSA) is 148 Å². The molecule has 0 fully saturated rings. The molecule has 184 valence electrons. The molecule has 0 aliphatic heterocycles. The van der Waals surface area contributed by atoms with E-state index in [1.165, 1.54) is 12.1 Å². The molecule has 1 heterocycles. The van der Waals surface area contributed by atoms with Gasteiger partial charge in [0.05, 0.1) is 11.2 Å². The van der Waals surface area contributed by atoms with Gasteiger partial charge in [0.15, 0.2) is 5.58 Å². The summed E-state index contributed by atoms with van der Waals surface area (Å²) in [4.78, 5) is 17.2. The first-order chi connectivity index (χ1) is 16.1. The van der Waals surface area contributed by atoms with Gasteiger partial charge in [0.25, 0.3) is 16.1 Å². The second-order valence-corrected chi connectivity index (χ2v) is 8.63. The summed E-state index contributed by atoms with van der Waals surface area (Å²) in [6.07, 6.45) is 0.443. The third-order valence-corrected chi connectivity index (χ3v) is 5.36. The number of hydrogen-bond donors (Lipinski definition) is 3. The fraction of sp³-hybridized carbons (Fsp3) is 0.273. The van der Waals surface area contributed by atoms with E-state index in [4.69, 9.17) is 19.4 Å². The molecule has 0 bridgehead atoms. The molecular weight excluding hydrogens is 467 g/mol. The van der Waals surface area contributed by atoms with Crippen molar-refractivity contribution in [2.75, 3.05) is 38.7 Å². The monoisotopic (exact) mass is 494 g/mol. The number of nitrogens with two attached hydrogens (primary N) is 1. The number of nitrogens with zero attached hydrogens (tertiary/aromatic N) is 2. The Morgan fingerprint density at radius 1 is 1.29 bits per heavy atom. The van der Waals surface area contributed by atoms with Crippen LogP contribution < -0.4 is 20.7 Å². The van der Waals surface area contributed by atoms with E-state index >= 15 is 0 Å². The van der Waals surface area contributed by atoms with E-state index in [1.54, 1.807) is 49.3 Å². The zero-order valence-corrected chi connectivity index (χ0v) is 19.8. The number of likely N-dealkylation sites (N-methyl/N-ethyl adjacent to an activating group) is 2. The molecule has 0 saturated carbocycles. The van der Waals surface area contributed by atoms with Crippen LogP contribution in [-0.4, -0.2) is 57.7 Å². The number of amides is 1. The summed E-state index contributed by atoms with van der Waals surface area (Å²) in [5.41, 5.74) is 7.83. The van der Waals surface area contributed by atoms with Crippen LogP contribution in [0.1, 0.15) is 5.56 Å². The highest BCUT2D eigenvalue weighted by molar-refractivity contribution is 7.85. The van der Waals surface area contributed by atoms with Crippen molar-refractivity contribution in [3.63, 3.8) is 0 Å². The van der Waals surface area contributed by atoms with Gasteiger partial charge in [-0.3, -0.25) is 9.35 Å². The number of carbonyl (C=O) groups excluding carboxylic acids is 1. The highest BCUT2D eigenvalue weighted by Crippen LogP contribution is 2.25. The third kappa shape index (κ3) is 7.83. The lowest BCUT2D eigenvalue weighted by Gasteiger charge is -2.12. The molecule has 12 heteroatoms. The van der Waals surface area contributed by atoms with Crippen LogP contribution in [0.3, 0.4) is 0 Å². The Morgan fingerprint density at radius 2 is 1.97 bits per heavy atom. The lowest BCUT2D eigenvalue weighted by molar-refractivity contribution is -0.119. The number of halogens is 1. The average molecular weight is 495 g/mol. The molecule has 0 saturated heterocycles. The molecule has 0 spiro atoms. The van der Waals surface area contributed by atoms with Gasteiger partial charge in [0.1, 0.15) is 24.4 Å². The highest BCUT2D eigenvalue weighted by Gasteiger charge is 2.13. The van der Waals surface area contributed by atoms with Gasteiger partial charge in [-0.2, -0.15) is 13.4 Å². The normalized spacial score (nSPS) is 11.5. The van der Waals surface area contributed by atoms with Crippen LogP contribution in [0.5, 0.6) is 5.75 Å². The Balaban J connectivity index is 0.000000310. The van der Waals surface area contributed by atoms with Crippen LogP contribution in [0.15, 0.2) is 63.7 Å². The van der Waals surface area contributed by atoms with Gasteiger partial charge < -0.3 is 25.1 Å². The lowest BCUT2D eigenvalue weighted by Crippen LogP contribution is -2.33. The van der Waals surface area contributed by atoms with E-state index in [1.807, 2.05) is 6.92 Å². The SMILES string of the molecule is CNC(=O)CN(C)c1nc2ccc(OCC(=CF)CN)cc2o1.Cc1ccc(S(=O)(=O)O)cc1. The van der Waals surface area contributed by atoms with Gasteiger partial charge in [-0.15, -0.1) is 0 Å². The molecule has 10 nitrogen and oxygen atoms in total. The van der Waals surface area contributed by atoms with Crippen molar-refractivity contribution in [2.24, 2.45) is 5.73 Å². The van der Waals surface area contributed by atoms with Gasteiger partial charge >= 0.3 is 0 Å². The van der Waals surface area contributed by atoms with Gasteiger partial charge in [-0.1, -0.05) is 17.7 Å². The smallest absolute Gasteiger partial charge is 0.298 e. The summed E-state index contributed by atoms with van der Waals surface area (Å²) in [5, 5.41) is 2.53. The number of benzene rings is 2. The van der Waals surface area contributed by atoms with E-state index < -0.39 is 10.1 Å². The molecule has 3 rings (SSSR count). The summed E-state index contributed by atoms with van der Waals surface area (Å²) in [6, 6.07) is 11.4. The Hall–Kier alpha value is -3.48. The van der Waals surface area contributed by atoms with Crippen LogP contribution in [0, 0.1) is 6.92 Å². The highest BCUT2D eigenvalue weighted by atomic mass is 32.2. The quantitative estimate of drug-likeness (QED) is 0.402. The van der Waals surface area contributed by atoms with Gasteiger partial charge in [-0.05, 0) is 31.2 Å². The summed E-state index contributed by atoms with van der Waals surface area (Å²) in [6.45, 7) is 2.13. The standard InChI is InChI=1S/C15H19FN4O3.C7H8O3S/c1-18-14(21)8-20(2)15-19-12-4-3-11(5-13(12)23-15)22-9-10(6-16)7-17;1-6-2-4-7(5-3-6)11(8,9)10/h3-6H,7-9,17H2,1-2H3,(H,18,21);2-5H,1H3,(H,8,9,10). The summed E-state index contributed by atoms with van der Waals surface area (Å²) < 4.78 is 53.1. The average Bonchev–Trinajstić information content (AvgIpc) is 3.23. The van der Waals surface area contributed by atoms with E-state index in [0.29, 0.717) is 34.8 Å². The van der Waals surface area contributed by atoms with Crippen LogP contribution in [0.2, 0.25) is 0 Å². The number of aromatic nitrogens is 1. The van der Waals surface area contributed by atoms with Crippen molar-refractivity contribution in [3.8, 4) is 5.75 Å². The van der Waals surface area contributed by atoms with Crippen molar-refractivity contribution in [3.05, 3.63) is 59.9 Å². The number of oxazole rings is 1. The van der Waals surface area contributed by atoms with Crippen molar-refractivity contribution < 1.29 is 31.3 Å². The summed E-state index contributed by atoms with van der Waals surface area (Å²) >= 11 is 0. The van der Waals surface area contributed by atoms with Crippen molar-refractivity contribution >= 4 is 33.1 Å². The Kier molecular flexibility index (Phi) is 9.54. The Morgan fingerprint density at radius 3 is 2.53 bits per heavy atom. The van der Waals surface area contributed by atoms with Crippen LogP contribution in [-0.2, 0) is 14.9 Å². The predicted molar refractivity (Wildman–Crippen MR) is 126 cm³/mol. The number of fused-ring (bicyclic) bond motifs is 1. The molecular formula is C22H27FN4O6S. The lowest BCUT2D eigenvalue weighted by atomic mass is 10.2. The fourth-order valence-corrected chi connectivity index (χ4v) is 3.01. The maximum Gasteiger partial charge on any atom is 0.298 e. The van der Waals surface area contributed by atoms with Gasteiger partial charge in [0.2, 0.25) is 5.91 Å². The minimum Gasteiger partial charge on any atom is -0.489 e. The van der Waals surface area contributed by atoms with Crippen molar-refractivity contribution in [2.45, 2.75) is 11.8 Å². The largest absolute Gasteiger partial charge is 0.489 e. The second-order valence-electron chi connectivity index (χ2n) is 7.20. The van der Waals surface area contributed by atoms with Crippen LogP contribution >= 0.6 is 0 Å². The Bertz CT molecular complexity index is 1240. The minimum absolute atomic E-state index is 0.0656. The second kappa shape index (κ2) is 12.1. The molecule has 0 unspecified atom stereocenters. The number of nitrogens with one attached hydrogen (secondary N) is 1. The number of anilines is 1. The van der Waals surface area contributed by atoms with E-state index in [9.17, 15) is 17.6 Å². The summed E-state index contributed by atoms with van der Waals surface area (Å²) in [7, 11) is -0.751. The third-order valence-electron chi connectivity index (χ3n) is 4.49. The van der Waals surface area contributed by atoms with Crippen LogP contribution in [0.25, 0.3) is 11.1 Å². The molecule has 34 heavy (non-hydrogen) atoms. The molecule has 0 atom stereocenters. The number of ether oxygens (including phenoxy) is 1.